The number of aliphatic hydroxyl groups is 3. The van der Waals surface area contributed by atoms with E-state index in [1.165, 1.54) is 70.6 Å². The van der Waals surface area contributed by atoms with E-state index >= 15 is 0 Å². The van der Waals surface area contributed by atoms with Crippen molar-refractivity contribution in [1.29, 1.82) is 0 Å². The molecule has 4 N–H and O–H groups in total. The van der Waals surface area contributed by atoms with Gasteiger partial charge in [-0.1, -0.05) is 152 Å². The summed E-state index contributed by atoms with van der Waals surface area (Å²) in [6.07, 6.45) is 31.7. The topological polar surface area (TPSA) is 169 Å². The summed E-state index contributed by atoms with van der Waals surface area (Å²) in [5.41, 5.74) is 0. The smallest absolute Gasteiger partial charge is 0.335 e. The van der Waals surface area contributed by atoms with Crippen LogP contribution in [-0.2, 0) is 33.3 Å². The molecule has 0 aromatic heterocycles. The van der Waals surface area contributed by atoms with Gasteiger partial charge in [-0.2, -0.15) is 0 Å². The first kappa shape index (κ1) is 51.2. The number of aliphatic hydroxyl groups excluding tert-OH is 3. The standard InChI is InChI=1S/C45H76O11/c1-3-5-7-9-11-13-15-17-19-21-23-25-27-29-31-33-38(46)53-35-37(36-54-45-42(50)40(48)41(49)43(56-45)44(51)52)55-39(47)34-32-30-28-26-24-22-20-18-16-14-12-10-8-6-4-2/h5,7,11,13,17,19,23,25,37,40-43,45,48-50H,3-4,6,8-10,12,14-16,18,20-22,24,26-36H2,1-2H3,(H,51,52)/b7-5-,13-11-,19-17-,25-23-. The van der Waals surface area contributed by atoms with Crippen molar-refractivity contribution in [3.63, 3.8) is 0 Å². The molecule has 0 aromatic carbocycles. The minimum absolute atomic E-state index is 0.175. The summed E-state index contributed by atoms with van der Waals surface area (Å²) < 4.78 is 21.7. The predicted molar refractivity (Wildman–Crippen MR) is 220 cm³/mol. The van der Waals surface area contributed by atoms with Gasteiger partial charge in [-0.05, 0) is 51.4 Å². The van der Waals surface area contributed by atoms with Gasteiger partial charge in [0.15, 0.2) is 18.5 Å². The van der Waals surface area contributed by atoms with E-state index in [9.17, 15) is 34.8 Å². The molecule has 0 aliphatic carbocycles. The summed E-state index contributed by atoms with van der Waals surface area (Å²) in [7, 11) is 0. The maximum Gasteiger partial charge on any atom is 0.335 e. The van der Waals surface area contributed by atoms with Crippen LogP contribution in [0.2, 0.25) is 0 Å². The van der Waals surface area contributed by atoms with Crippen LogP contribution in [0.4, 0.5) is 0 Å². The lowest BCUT2D eigenvalue weighted by Gasteiger charge is -2.38. The predicted octanol–water partition coefficient (Wildman–Crippen LogP) is 8.98. The number of carboxylic acid groups (broad SMARTS) is 1. The zero-order valence-electron chi connectivity index (χ0n) is 34.6. The Labute approximate surface area is 337 Å². The molecule has 0 spiro atoms. The first-order valence-electron chi connectivity index (χ1n) is 21.7. The number of carbonyl (C=O) groups excluding carboxylic acids is 2. The highest BCUT2D eigenvalue weighted by atomic mass is 16.7. The van der Waals surface area contributed by atoms with Crippen LogP contribution in [-0.4, -0.2) is 88.4 Å². The molecule has 56 heavy (non-hydrogen) atoms. The lowest BCUT2D eigenvalue weighted by atomic mass is 9.99. The monoisotopic (exact) mass is 793 g/mol. The molecule has 6 atom stereocenters. The lowest BCUT2D eigenvalue weighted by Crippen LogP contribution is -2.60. The highest BCUT2D eigenvalue weighted by Crippen LogP contribution is 2.23. The Morgan fingerprint density at radius 3 is 1.59 bits per heavy atom. The number of allylic oxidation sites excluding steroid dienone is 8. The van der Waals surface area contributed by atoms with E-state index in [0.717, 1.165) is 57.8 Å². The van der Waals surface area contributed by atoms with Crippen molar-refractivity contribution in [2.45, 2.75) is 205 Å². The van der Waals surface area contributed by atoms with Gasteiger partial charge >= 0.3 is 17.9 Å². The number of hydrogen-bond acceptors (Lipinski definition) is 10. The number of esters is 2. The fourth-order valence-corrected chi connectivity index (χ4v) is 6.28. The van der Waals surface area contributed by atoms with Crippen molar-refractivity contribution in [3.8, 4) is 0 Å². The van der Waals surface area contributed by atoms with Crippen molar-refractivity contribution >= 4 is 17.9 Å². The molecule has 1 saturated heterocycles. The van der Waals surface area contributed by atoms with Gasteiger partial charge in [0.1, 0.15) is 24.9 Å². The third kappa shape index (κ3) is 26.9. The molecule has 322 valence electrons. The van der Waals surface area contributed by atoms with Crippen LogP contribution < -0.4 is 0 Å². The number of unbranched alkanes of at least 4 members (excludes halogenated alkanes) is 16. The first-order valence-corrected chi connectivity index (χ1v) is 21.7. The normalized spacial score (nSPS) is 20.8. The number of carbonyl (C=O) groups is 3. The minimum atomic E-state index is -1.87. The summed E-state index contributed by atoms with van der Waals surface area (Å²) in [4.78, 5) is 36.8. The maximum absolute atomic E-state index is 12.7. The van der Waals surface area contributed by atoms with Crippen LogP contribution in [0.3, 0.4) is 0 Å². The second kappa shape index (κ2) is 35.3. The second-order valence-corrected chi connectivity index (χ2v) is 14.8. The summed E-state index contributed by atoms with van der Waals surface area (Å²) in [6.45, 7) is 3.66. The summed E-state index contributed by atoms with van der Waals surface area (Å²) in [5.74, 6) is -2.50. The Morgan fingerprint density at radius 1 is 0.571 bits per heavy atom. The Bertz CT molecular complexity index is 1120. The molecule has 0 radical (unpaired) electrons. The number of ether oxygens (including phenoxy) is 4. The van der Waals surface area contributed by atoms with Gasteiger partial charge in [-0.3, -0.25) is 9.59 Å². The summed E-state index contributed by atoms with van der Waals surface area (Å²) in [6, 6.07) is 0. The molecule has 0 bridgehead atoms. The van der Waals surface area contributed by atoms with Crippen LogP contribution in [0, 0.1) is 0 Å². The molecule has 11 heteroatoms. The molecular weight excluding hydrogens is 716 g/mol. The Hall–Kier alpha value is -2.83. The zero-order valence-corrected chi connectivity index (χ0v) is 34.6. The molecule has 6 unspecified atom stereocenters. The number of carboxylic acids is 1. The van der Waals surface area contributed by atoms with Crippen LogP contribution in [0.15, 0.2) is 48.6 Å². The quantitative estimate of drug-likeness (QED) is 0.0275. The third-order valence-electron chi connectivity index (χ3n) is 9.69. The van der Waals surface area contributed by atoms with Crippen LogP contribution in [0.25, 0.3) is 0 Å². The Balaban J connectivity index is 2.42. The summed E-state index contributed by atoms with van der Waals surface area (Å²) in [5, 5.41) is 39.8. The molecular formula is C45H76O11. The van der Waals surface area contributed by atoms with Gasteiger partial charge in [0.25, 0.3) is 0 Å². The second-order valence-electron chi connectivity index (χ2n) is 14.8. The van der Waals surface area contributed by atoms with E-state index < -0.39 is 61.3 Å². The third-order valence-corrected chi connectivity index (χ3v) is 9.69. The van der Waals surface area contributed by atoms with Crippen LogP contribution in [0.1, 0.15) is 168 Å². The van der Waals surface area contributed by atoms with Gasteiger partial charge in [0, 0.05) is 12.8 Å². The van der Waals surface area contributed by atoms with Gasteiger partial charge in [-0.25, -0.2) is 4.79 Å². The van der Waals surface area contributed by atoms with E-state index in [4.69, 9.17) is 18.9 Å². The molecule has 0 saturated carbocycles. The Kier molecular flexibility index (Phi) is 32.3. The van der Waals surface area contributed by atoms with E-state index in [1.807, 2.05) is 0 Å². The number of hydrogen-bond donors (Lipinski definition) is 4. The molecule has 0 amide bonds. The summed E-state index contributed by atoms with van der Waals surface area (Å²) >= 11 is 0. The van der Waals surface area contributed by atoms with E-state index in [0.29, 0.717) is 12.8 Å². The highest BCUT2D eigenvalue weighted by molar-refractivity contribution is 5.73. The molecule has 1 aliphatic heterocycles. The maximum atomic E-state index is 12.7. The van der Waals surface area contributed by atoms with Crippen LogP contribution >= 0.6 is 0 Å². The molecule has 1 aliphatic rings. The molecule has 1 heterocycles. The zero-order chi connectivity index (χ0) is 41.1. The molecule has 11 nitrogen and oxygen atoms in total. The van der Waals surface area contributed by atoms with E-state index in [1.54, 1.807) is 0 Å². The van der Waals surface area contributed by atoms with Crippen molar-refractivity contribution in [2.75, 3.05) is 13.2 Å². The largest absolute Gasteiger partial charge is 0.479 e. The Morgan fingerprint density at radius 2 is 1.05 bits per heavy atom. The number of rotatable bonds is 35. The number of aliphatic carboxylic acids is 1. The van der Waals surface area contributed by atoms with Gasteiger partial charge in [0.05, 0.1) is 6.61 Å². The van der Waals surface area contributed by atoms with Crippen LogP contribution in [0.5, 0.6) is 0 Å². The molecule has 1 rings (SSSR count). The molecule has 0 aromatic rings. The van der Waals surface area contributed by atoms with Gasteiger partial charge in [-0.15, -0.1) is 0 Å². The fourth-order valence-electron chi connectivity index (χ4n) is 6.28. The average molecular weight is 793 g/mol. The van der Waals surface area contributed by atoms with Crippen molar-refractivity contribution in [1.82, 2.24) is 0 Å². The van der Waals surface area contributed by atoms with Gasteiger partial charge < -0.3 is 39.4 Å². The lowest BCUT2D eigenvalue weighted by molar-refractivity contribution is -0.298. The van der Waals surface area contributed by atoms with Gasteiger partial charge in [0.2, 0.25) is 0 Å². The highest BCUT2D eigenvalue weighted by Gasteiger charge is 2.47. The SMILES string of the molecule is CC/C=C\C/C=C\C/C=C\C/C=C\CCCCC(=O)OCC(COC1OC(C(=O)O)C(O)C(O)C1O)OC(=O)CCCCCCCCCCCCCCCCC. The average Bonchev–Trinajstić information content (AvgIpc) is 3.18. The van der Waals surface area contributed by atoms with E-state index in [-0.39, 0.29) is 19.4 Å². The molecule has 1 fully saturated rings. The van der Waals surface area contributed by atoms with Crippen molar-refractivity contribution < 1.29 is 53.8 Å². The fraction of sp³-hybridized carbons (Fsp3) is 0.756. The van der Waals surface area contributed by atoms with Crippen molar-refractivity contribution in [3.05, 3.63) is 48.6 Å². The van der Waals surface area contributed by atoms with E-state index in [2.05, 4.69) is 62.5 Å². The van der Waals surface area contributed by atoms with Crippen molar-refractivity contribution in [2.24, 2.45) is 0 Å². The minimum Gasteiger partial charge on any atom is -0.479 e. The first-order chi connectivity index (χ1) is 27.2.